The lowest BCUT2D eigenvalue weighted by molar-refractivity contribution is -0.385. The second-order valence-corrected chi connectivity index (χ2v) is 13.8. The number of carbonyl (C=O) groups is 3. The van der Waals surface area contributed by atoms with Crippen molar-refractivity contribution >= 4 is 63.3 Å². The summed E-state index contributed by atoms with van der Waals surface area (Å²) in [7, 11) is 0. The minimum Gasteiger partial charge on any atom is -0.321 e. The summed E-state index contributed by atoms with van der Waals surface area (Å²) < 4.78 is 0. The van der Waals surface area contributed by atoms with Crippen LogP contribution in [-0.2, 0) is 22.4 Å². The first-order valence-corrected chi connectivity index (χ1v) is 17.8. The predicted molar refractivity (Wildman–Crippen MR) is 200 cm³/mol. The maximum Gasteiger partial charge on any atom is 0.276 e. The highest BCUT2D eigenvalue weighted by Gasteiger charge is 2.27. The second-order valence-electron chi connectivity index (χ2n) is 11.7. The van der Waals surface area contributed by atoms with Crippen LogP contribution in [0.15, 0.2) is 120 Å². The van der Waals surface area contributed by atoms with Gasteiger partial charge in [-0.3, -0.25) is 24.5 Å². The molecule has 1 heterocycles. The number of hydrogen-bond acceptors (Lipinski definition) is 8. The number of nitro benzene ring substituents is 1. The largest absolute Gasteiger partial charge is 0.321 e. The van der Waals surface area contributed by atoms with Crippen molar-refractivity contribution in [2.24, 2.45) is 0 Å². The third-order valence-corrected chi connectivity index (χ3v) is 10.5. The predicted octanol–water partition coefficient (Wildman–Crippen LogP) is 7.94. The number of nitrogens with one attached hydrogen (secondary N) is 3. The Kier molecular flexibility index (Phi) is 11.0. The number of hydrogen-bond donors (Lipinski definition) is 3. The van der Waals surface area contributed by atoms with Crippen molar-refractivity contribution in [3.8, 4) is 6.07 Å². The number of benzene rings is 4. The van der Waals surface area contributed by atoms with Gasteiger partial charge in [0.15, 0.2) is 0 Å². The summed E-state index contributed by atoms with van der Waals surface area (Å²) in [5, 5.41) is 30.4. The van der Waals surface area contributed by atoms with E-state index in [1.54, 1.807) is 60.7 Å². The average molecular weight is 714 g/mol. The lowest BCUT2D eigenvalue weighted by Gasteiger charge is -2.22. The number of nitro groups is 1. The van der Waals surface area contributed by atoms with Crippen molar-refractivity contribution in [1.29, 1.82) is 5.26 Å². The number of carbonyl (C=O) groups excluding carboxylic acids is 3. The van der Waals surface area contributed by atoms with E-state index in [4.69, 9.17) is 0 Å². The zero-order valence-corrected chi connectivity index (χ0v) is 28.8. The van der Waals surface area contributed by atoms with Gasteiger partial charge in [0, 0.05) is 27.1 Å². The van der Waals surface area contributed by atoms with E-state index in [1.165, 1.54) is 52.9 Å². The molecule has 0 aliphatic heterocycles. The lowest BCUT2D eigenvalue weighted by atomic mass is 9.83. The van der Waals surface area contributed by atoms with Crippen molar-refractivity contribution in [3.63, 3.8) is 0 Å². The molecule has 51 heavy (non-hydrogen) atoms. The van der Waals surface area contributed by atoms with Crippen LogP contribution in [0.3, 0.4) is 0 Å². The van der Waals surface area contributed by atoms with Crippen LogP contribution in [0, 0.1) is 21.4 Å². The Morgan fingerprint density at radius 1 is 0.941 bits per heavy atom. The third kappa shape index (κ3) is 8.59. The molecule has 0 saturated carbocycles. The van der Waals surface area contributed by atoms with E-state index in [9.17, 15) is 29.8 Å². The summed E-state index contributed by atoms with van der Waals surface area (Å²) in [6.45, 7) is 0. The average Bonchev–Trinajstić information content (AvgIpc) is 3.50. The van der Waals surface area contributed by atoms with E-state index in [0.29, 0.717) is 32.6 Å². The van der Waals surface area contributed by atoms with Gasteiger partial charge in [0.2, 0.25) is 5.91 Å². The minimum atomic E-state index is -0.697. The summed E-state index contributed by atoms with van der Waals surface area (Å²) in [4.78, 5) is 52.5. The number of anilines is 2. The number of fused-ring (bicyclic) bond motifs is 1. The Labute approximate surface area is 302 Å². The van der Waals surface area contributed by atoms with Gasteiger partial charge in [-0.2, -0.15) is 5.26 Å². The van der Waals surface area contributed by atoms with Crippen LogP contribution in [-0.4, -0.2) is 28.4 Å². The number of nitrogens with zero attached hydrogens (tertiary/aromatic N) is 2. The van der Waals surface area contributed by atoms with Gasteiger partial charge < -0.3 is 16.0 Å². The van der Waals surface area contributed by atoms with Gasteiger partial charge in [-0.25, -0.2) is 0 Å². The normalized spacial score (nSPS) is 13.7. The Morgan fingerprint density at radius 3 is 2.41 bits per heavy atom. The van der Waals surface area contributed by atoms with Crippen LogP contribution in [0.4, 0.5) is 16.4 Å². The molecule has 0 bridgehead atoms. The van der Waals surface area contributed by atoms with E-state index in [-0.39, 0.29) is 28.6 Å². The van der Waals surface area contributed by atoms with E-state index in [2.05, 4.69) is 34.2 Å². The molecule has 6 rings (SSSR count). The molecule has 254 valence electrons. The number of nitriles is 1. The van der Waals surface area contributed by atoms with Crippen LogP contribution in [0.5, 0.6) is 0 Å². The molecule has 0 spiro atoms. The zero-order valence-electron chi connectivity index (χ0n) is 27.1. The van der Waals surface area contributed by atoms with E-state index < -0.39 is 16.7 Å². The molecule has 0 saturated heterocycles. The van der Waals surface area contributed by atoms with Gasteiger partial charge in [-0.05, 0) is 78.8 Å². The van der Waals surface area contributed by atoms with Gasteiger partial charge in [0.1, 0.15) is 16.8 Å². The molecule has 5 aromatic rings. The number of thiophene rings is 1. The molecule has 0 fully saturated rings. The van der Waals surface area contributed by atoms with Gasteiger partial charge in [0.05, 0.1) is 21.8 Å². The Morgan fingerprint density at radius 2 is 1.67 bits per heavy atom. The molecular weight excluding hydrogens is 683 g/mol. The molecule has 12 heteroatoms. The molecule has 1 aliphatic carbocycles. The topological polar surface area (TPSA) is 154 Å². The first-order valence-electron chi connectivity index (χ1n) is 16.0. The van der Waals surface area contributed by atoms with E-state index in [1.807, 2.05) is 18.2 Å². The fraction of sp³-hybridized carbons (Fsp3) is 0.128. The first-order chi connectivity index (χ1) is 24.8. The minimum absolute atomic E-state index is 0.0629. The SMILES string of the molecule is N#Cc1c(NC(=O)CSc2cccc(NC(=O)/C(=C\c3ccccc3[N+](=O)[O-])NC(=O)c3ccccc3)c2)sc2c1CCC(c1ccccc1)C2. The molecule has 3 amide bonds. The maximum absolute atomic E-state index is 13.5. The standard InChI is InChI=1S/C39H31N5O5S2/c40-23-32-31-19-18-27(25-10-3-1-4-11-25)21-35(31)51-39(32)43-36(45)24-50-30-16-9-15-29(22-30)41-38(47)33(42-37(46)26-12-5-2-6-13-26)20-28-14-7-8-17-34(28)44(48)49/h1-17,20,22,27H,18-19,21,24H2,(H,41,47)(H,42,46)(H,43,45)/b33-20+. The molecule has 1 atom stereocenters. The first kappa shape index (κ1) is 34.8. The maximum atomic E-state index is 13.5. The highest BCUT2D eigenvalue weighted by Crippen LogP contribution is 2.42. The van der Waals surface area contributed by atoms with Gasteiger partial charge in [0.25, 0.3) is 17.5 Å². The fourth-order valence-electron chi connectivity index (χ4n) is 5.85. The van der Waals surface area contributed by atoms with E-state index in [0.717, 1.165) is 29.7 Å². The number of para-hydroxylation sites is 1. The summed E-state index contributed by atoms with van der Waals surface area (Å²) in [5.41, 5.74) is 3.24. The van der Waals surface area contributed by atoms with Crippen molar-refractivity contribution in [1.82, 2.24) is 5.32 Å². The third-order valence-electron chi connectivity index (χ3n) is 8.32. The molecule has 1 unspecified atom stereocenters. The monoisotopic (exact) mass is 713 g/mol. The zero-order chi connectivity index (χ0) is 35.7. The van der Waals surface area contributed by atoms with Crippen LogP contribution in [0.1, 0.15) is 49.8 Å². The fourth-order valence-corrected chi connectivity index (χ4v) is 7.90. The molecule has 10 nitrogen and oxygen atoms in total. The number of amides is 3. The smallest absolute Gasteiger partial charge is 0.276 e. The van der Waals surface area contributed by atoms with Crippen molar-refractivity contribution in [2.45, 2.75) is 30.1 Å². The number of rotatable bonds is 11. The highest BCUT2D eigenvalue weighted by molar-refractivity contribution is 8.00. The summed E-state index contributed by atoms with van der Waals surface area (Å²) in [6.07, 6.45) is 3.82. The Hall–Kier alpha value is -6.03. The molecule has 1 aliphatic rings. The van der Waals surface area contributed by atoms with Gasteiger partial charge in [-0.1, -0.05) is 66.7 Å². The molecule has 3 N–H and O–H groups in total. The molecular formula is C39H31N5O5S2. The van der Waals surface area contributed by atoms with E-state index >= 15 is 0 Å². The molecule has 0 radical (unpaired) electrons. The molecule has 4 aromatic carbocycles. The summed E-state index contributed by atoms with van der Waals surface area (Å²) in [6, 6.07) is 33.7. The molecule has 1 aromatic heterocycles. The summed E-state index contributed by atoms with van der Waals surface area (Å²) in [5.74, 6) is -1.08. The van der Waals surface area contributed by atoms with Crippen molar-refractivity contribution in [2.75, 3.05) is 16.4 Å². The van der Waals surface area contributed by atoms with Crippen LogP contribution >= 0.6 is 23.1 Å². The van der Waals surface area contributed by atoms with Crippen LogP contribution < -0.4 is 16.0 Å². The number of thioether (sulfide) groups is 1. The summed E-state index contributed by atoms with van der Waals surface area (Å²) >= 11 is 2.73. The van der Waals surface area contributed by atoms with Crippen molar-refractivity contribution < 1.29 is 19.3 Å². The quantitative estimate of drug-likeness (QED) is 0.0543. The van der Waals surface area contributed by atoms with Crippen LogP contribution in [0.25, 0.3) is 6.08 Å². The second kappa shape index (κ2) is 16.1. The van der Waals surface area contributed by atoms with Gasteiger partial charge in [-0.15, -0.1) is 23.1 Å². The lowest BCUT2D eigenvalue weighted by Crippen LogP contribution is -2.30. The van der Waals surface area contributed by atoms with Crippen LogP contribution in [0.2, 0.25) is 0 Å². The Balaban J connectivity index is 1.12. The Bertz CT molecular complexity index is 2180. The highest BCUT2D eigenvalue weighted by atomic mass is 32.2. The van der Waals surface area contributed by atoms with Crippen molar-refractivity contribution in [3.05, 3.63) is 158 Å². The van der Waals surface area contributed by atoms with Gasteiger partial charge >= 0.3 is 0 Å².